The quantitative estimate of drug-likeness (QED) is 0.749. The molecule has 0 amide bonds. The minimum atomic E-state index is -0.529. The number of hydrogen-bond donors (Lipinski definition) is 0. The van der Waals surface area contributed by atoms with Crippen LogP contribution in [0.2, 0.25) is 0 Å². The molecule has 0 aliphatic carbocycles. The molecule has 0 fully saturated rings. The van der Waals surface area contributed by atoms with Gasteiger partial charge in [0.05, 0.1) is 16.2 Å². The van der Waals surface area contributed by atoms with E-state index in [0.717, 1.165) is 17.6 Å². The van der Waals surface area contributed by atoms with E-state index in [1.54, 1.807) is 10.9 Å². The van der Waals surface area contributed by atoms with E-state index >= 15 is 0 Å². The van der Waals surface area contributed by atoms with Gasteiger partial charge in [-0.15, -0.1) is 0 Å². The van der Waals surface area contributed by atoms with Gasteiger partial charge < -0.3 is 0 Å². The zero-order chi connectivity index (χ0) is 14.8. The lowest BCUT2D eigenvalue weighted by atomic mass is 9.94. The van der Waals surface area contributed by atoms with E-state index in [4.69, 9.17) is 0 Å². The highest BCUT2D eigenvalue weighted by molar-refractivity contribution is 9.10. The van der Waals surface area contributed by atoms with Gasteiger partial charge in [0.1, 0.15) is 5.69 Å². The summed E-state index contributed by atoms with van der Waals surface area (Å²) >= 11 is 3.45. The van der Waals surface area contributed by atoms with Gasteiger partial charge in [-0.1, -0.05) is 13.8 Å². The third-order valence-corrected chi connectivity index (χ3v) is 4.15. The maximum Gasteiger partial charge on any atom is 0.201 e. The van der Waals surface area contributed by atoms with Crippen molar-refractivity contribution in [3.8, 4) is 0 Å². The summed E-state index contributed by atoms with van der Waals surface area (Å²) in [6, 6.07) is 0.165. The average Bonchev–Trinajstić information content (AvgIpc) is 2.71. The van der Waals surface area contributed by atoms with E-state index in [1.807, 2.05) is 27.7 Å². The number of carbonyl (C=O) groups is 1. The SMILES string of the molecule is CCN(CC)C(C)(C)C(=O)c1c(Br)cnn1C(C)C. The topological polar surface area (TPSA) is 38.1 Å². The van der Waals surface area contributed by atoms with E-state index in [2.05, 4.69) is 39.8 Å². The minimum absolute atomic E-state index is 0.106. The second kappa shape index (κ2) is 6.18. The molecule has 0 saturated carbocycles. The Hall–Kier alpha value is -0.680. The Balaban J connectivity index is 3.23. The van der Waals surface area contributed by atoms with Crippen LogP contribution in [-0.2, 0) is 0 Å². The van der Waals surface area contributed by atoms with Crippen LogP contribution in [0.1, 0.15) is 58.1 Å². The second-order valence-corrected chi connectivity index (χ2v) is 6.29. The third kappa shape index (κ3) is 3.08. The fraction of sp³-hybridized carbons (Fsp3) is 0.714. The fourth-order valence-electron chi connectivity index (χ4n) is 2.39. The van der Waals surface area contributed by atoms with Crippen molar-refractivity contribution in [2.75, 3.05) is 13.1 Å². The zero-order valence-electron chi connectivity index (χ0n) is 12.7. The molecular formula is C14H24BrN3O. The second-order valence-electron chi connectivity index (χ2n) is 5.44. The molecule has 1 aromatic rings. The van der Waals surface area contributed by atoms with Gasteiger partial charge in [-0.05, 0) is 56.7 Å². The van der Waals surface area contributed by atoms with Crippen molar-refractivity contribution in [1.82, 2.24) is 14.7 Å². The van der Waals surface area contributed by atoms with Crippen molar-refractivity contribution >= 4 is 21.7 Å². The lowest BCUT2D eigenvalue weighted by Crippen LogP contribution is -2.50. The molecule has 1 rings (SSSR count). The molecule has 0 radical (unpaired) electrons. The van der Waals surface area contributed by atoms with Crippen LogP contribution in [0.4, 0.5) is 0 Å². The Morgan fingerprint density at radius 1 is 1.42 bits per heavy atom. The molecule has 0 aliphatic rings. The van der Waals surface area contributed by atoms with Gasteiger partial charge in [0.25, 0.3) is 0 Å². The summed E-state index contributed by atoms with van der Waals surface area (Å²) in [7, 11) is 0. The van der Waals surface area contributed by atoms with Gasteiger partial charge in [-0.2, -0.15) is 5.10 Å². The highest BCUT2D eigenvalue weighted by Crippen LogP contribution is 2.27. The normalized spacial score (nSPS) is 12.5. The summed E-state index contributed by atoms with van der Waals surface area (Å²) in [6.07, 6.45) is 1.70. The smallest absolute Gasteiger partial charge is 0.201 e. The molecule has 0 atom stereocenters. The number of ketones is 1. The Kier molecular flexibility index (Phi) is 5.33. The first-order valence-electron chi connectivity index (χ1n) is 6.80. The molecule has 108 valence electrons. The lowest BCUT2D eigenvalue weighted by Gasteiger charge is -2.36. The molecular weight excluding hydrogens is 306 g/mol. The number of carbonyl (C=O) groups excluding carboxylic acids is 1. The summed E-state index contributed by atoms with van der Waals surface area (Å²) in [6.45, 7) is 13.9. The predicted molar refractivity (Wildman–Crippen MR) is 81.6 cm³/mol. The van der Waals surface area contributed by atoms with Crippen LogP contribution in [0.15, 0.2) is 10.7 Å². The van der Waals surface area contributed by atoms with E-state index in [0.29, 0.717) is 5.69 Å². The van der Waals surface area contributed by atoms with Crippen molar-refractivity contribution in [2.45, 2.75) is 53.1 Å². The zero-order valence-corrected chi connectivity index (χ0v) is 14.3. The van der Waals surface area contributed by atoms with Crippen LogP contribution in [0.25, 0.3) is 0 Å². The molecule has 0 saturated heterocycles. The van der Waals surface area contributed by atoms with Crippen LogP contribution >= 0.6 is 15.9 Å². The Morgan fingerprint density at radius 3 is 2.37 bits per heavy atom. The van der Waals surface area contributed by atoms with Crippen LogP contribution in [-0.4, -0.2) is 39.1 Å². The number of aromatic nitrogens is 2. The third-order valence-electron chi connectivity index (χ3n) is 3.56. The summed E-state index contributed by atoms with van der Waals surface area (Å²) in [5, 5.41) is 4.29. The van der Waals surface area contributed by atoms with Crippen molar-refractivity contribution in [2.24, 2.45) is 0 Å². The Labute approximate surface area is 124 Å². The first-order chi connectivity index (χ1) is 8.77. The van der Waals surface area contributed by atoms with E-state index < -0.39 is 5.54 Å². The van der Waals surface area contributed by atoms with Gasteiger partial charge >= 0.3 is 0 Å². The van der Waals surface area contributed by atoms with Crippen LogP contribution in [0, 0.1) is 0 Å². The molecule has 1 aromatic heterocycles. The van der Waals surface area contributed by atoms with Gasteiger partial charge in [0.2, 0.25) is 5.78 Å². The van der Waals surface area contributed by atoms with Crippen LogP contribution < -0.4 is 0 Å². The number of Topliss-reactive ketones (excluding diaryl/α,β-unsaturated/α-hetero) is 1. The van der Waals surface area contributed by atoms with Gasteiger partial charge in [-0.25, -0.2) is 0 Å². The van der Waals surface area contributed by atoms with E-state index in [-0.39, 0.29) is 11.8 Å². The number of halogens is 1. The fourth-order valence-corrected chi connectivity index (χ4v) is 2.85. The summed E-state index contributed by atoms with van der Waals surface area (Å²) < 4.78 is 2.56. The Morgan fingerprint density at radius 2 is 1.95 bits per heavy atom. The number of nitrogens with zero attached hydrogens (tertiary/aromatic N) is 3. The molecule has 0 spiro atoms. The number of hydrogen-bond acceptors (Lipinski definition) is 3. The van der Waals surface area contributed by atoms with Crippen molar-refractivity contribution in [3.05, 3.63) is 16.4 Å². The molecule has 0 aromatic carbocycles. The van der Waals surface area contributed by atoms with E-state index in [9.17, 15) is 4.79 Å². The van der Waals surface area contributed by atoms with E-state index in [1.165, 1.54) is 0 Å². The molecule has 0 unspecified atom stereocenters. The standard InChI is InChI=1S/C14H24BrN3O/c1-7-17(8-2)14(5,6)13(19)12-11(15)9-16-18(12)10(3)4/h9-10H,7-8H2,1-6H3. The molecule has 0 bridgehead atoms. The van der Waals surface area contributed by atoms with Gasteiger partial charge in [0.15, 0.2) is 0 Å². The maximum atomic E-state index is 12.9. The summed E-state index contributed by atoms with van der Waals surface area (Å²) in [4.78, 5) is 15.1. The highest BCUT2D eigenvalue weighted by atomic mass is 79.9. The van der Waals surface area contributed by atoms with Gasteiger partial charge in [-0.3, -0.25) is 14.4 Å². The molecule has 19 heavy (non-hydrogen) atoms. The van der Waals surface area contributed by atoms with Crippen molar-refractivity contribution in [3.63, 3.8) is 0 Å². The molecule has 0 N–H and O–H groups in total. The highest BCUT2D eigenvalue weighted by Gasteiger charge is 2.36. The maximum absolute atomic E-state index is 12.9. The monoisotopic (exact) mass is 329 g/mol. The first-order valence-corrected chi connectivity index (χ1v) is 7.59. The Bertz CT molecular complexity index is 448. The summed E-state index contributed by atoms with van der Waals surface area (Å²) in [5.41, 5.74) is 0.130. The minimum Gasteiger partial charge on any atom is -0.292 e. The number of likely N-dealkylation sites (N-methyl/N-ethyl adjacent to an activating group) is 1. The molecule has 5 heteroatoms. The lowest BCUT2D eigenvalue weighted by molar-refractivity contribution is 0.0654. The largest absolute Gasteiger partial charge is 0.292 e. The first kappa shape index (κ1) is 16.4. The van der Waals surface area contributed by atoms with Crippen LogP contribution in [0.5, 0.6) is 0 Å². The van der Waals surface area contributed by atoms with Crippen LogP contribution in [0.3, 0.4) is 0 Å². The molecule has 4 nitrogen and oxygen atoms in total. The average molecular weight is 330 g/mol. The molecule has 1 heterocycles. The van der Waals surface area contributed by atoms with Crippen molar-refractivity contribution < 1.29 is 4.79 Å². The number of rotatable bonds is 6. The predicted octanol–water partition coefficient (Wildman–Crippen LogP) is 3.53. The van der Waals surface area contributed by atoms with Crippen molar-refractivity contribution in [1.29, 1.82) is 0 Å². The molecule has 0 aliphatic heterocycles. The summed E-state index contributed by atoms with van der Waals surface area (Å²) in [5.74, 6) is 0.106. The van der Waals surface area contributed by atoms with Gasteiger partial charge in [0, 0.05) is 6.04 Å².